The SMILES string of the molecule is CC1Cc2cc(CNC(=O)N(C)Cc3csc(C(C)C)n3)ccc2O1. The van der Waals surface area contributed by atoms with E-state index in [0.29, 0.717) is 19.0 Å². The fourth-order valence-corrected chi connectivity index (χ4v) is 3.70. The molecule has 2 heterocycles. The van der Waals surface area contributed by atoms with Crippen LogP contribution in [-0.2, 0) is 19.5 Å². The molecule has 0 spiro atoms. The van der Waals surface area contributed by atoms with Gasteiger partial charge in [-0.25, -0.2) is 9.78 Å². The number of nitrogens with zero attached hydrogens (tertiary/aromatic N) is 2. The largest absolute Gasteiger partial charge is 0.490 e. The van der Waals surface area contributed by atoms with Crippen LogP contribution in [0.4, 0.5) is 4.79 Å². The van der Waals surface area contributed by atoms with Crippen molar-refractivity contribution in [2.45, 2.75) is 52.3 Å². The van der Waals surface area contributed by atoms with Crippen molar-refractivity contribution in [3.05, 3.63) is 45.4 Å². The fraction of sp³-hybridized carbons (Fsp3) is 0.474. The van der Waals surface area contributed by atoms with Crippen molar-refractivity contribution in [3.63, 3.8) is 0 Å². The summed E-state index contributed by atoms with van der Waals surface area (Å²) >= 11 is 1.65. The number of amides is 2. The molecule has 0 radical (unpaired) electrons. The summed E-state index contributed by atoms with van der Waals surface area (Å²) in [5, 5.41) is 6.11. The quantitative estimate of drug-likeness (QED) is 0.880. The molecule has 0 aliphatic carbocycles. The fourth-order valence-electron chi connectivity index (χ4n) is 2.87. The van der Waals surface area contributed by atoms with Gasteiger partial charge in [-0.1, -0.05) is 26.0 Å². The highest BCUT2D eigenvalue weighted by Gasteiger charge is 2.19. The third-order valence-corrected chi connectivity index (χ3v) is 5.41. The number of fused-ring (bicyclic) bond motifs is 1. The summed E-state index contributed by atoms with van der Waals surface area (Å²) in [6, 6.07) is 6.03. The molecule has 25 heavy (non-hydrogen) atoms. The molecule has 5 nitrogen and oxygen atoms in total. The van der Waals surface area contributed by atoms with Crippen LogP contribution in [0.2, 0.25) is 0 Å². The average Bonchev–Trinajstić information content (AvgIpc) is 3.17. The molecule has 134 valence electrons. The van der Waals surface area contributed by atoms with E-state index in [0.717, 1.165) is 28.4 Å². The molecule has 1 N–H and O–H groups in total. The lowest BCUT2D eigenvalue weighted by molar-refractivity contribution is 0.206. The van der Waals surface area contributed by atoms with Gasteiger partial charge in [0.1, 0.15) is 11.9 Å². The number of carbonyl (C=O) groups excluding carboxylic acids is 1. The number of thiazole rings is 1. The second-order valence-corrected chi connectivity index (χ2v) is 7.81. The summed E-state index contributed by atoms with van der Waals surface area (Å²) in [4.78, 5) is 18.6. The average molecular weight is 359 g/mol. The highest BCUT2D eigenvalue weighted by molar-refractivity contribution is 7.09. The molecular formula is C19H25N3O2S. The second-order valence-electron chi connectivity index (χ2n) is 6.92. The summed E-state index contributed by atoms with van der Waals surface area (Å²) in [5.74, 6) is 1.38. The van der Waals surface area contributed by atoms with Gasteiger partial charge in [0, 0.05) is 31.3 Å². The molecule has 1 unspecified atom stereocenters. The molecular weight excluding hydrogens is 334 g/mol. The van der Waals surface area contributed by atoms with Gasteiger partial charge in [0.05, 0.1) is 17.2 Å². The number of aromatic nitrogens is 1. The van der Waals surface area contributed by atoms with Crippen LogP contribution >= 0.6 is 11.3 Å². The van der Waals surface area contributed by atoms with Gasteiger partial charge < -0.3 is 15.0 Å². The van der Waals surface area contributed by atoms with Crippen LogP contribution in [-0.4, -0.2) is 29.1 Å². The summed E-state index contributed by atoms with van der Waals surface area (Å²) in [5.41, 5.74) is 3.25. The van der Waals surface area contributed by atoms with Crippen molar-refractivity contribution in [2.24, 2.45) is 0 Å². The number of carbonyl (C=O) groups is 1. The van der Waals surface area contributed by atoms with E-state index in [2.05, 4.69) is 37.1 Å². The van der Waals surface area contributed by atoms with Crippen LogP contribution in [0.15, 0.2) is 23.6 Å². The molecule has 3 rings (SSSR count). The van der Waals surface area contributed by atoms with Crippen molar-refractivity contribution in [1.82, 2.24) is 15.2 Å². The van der Waals surface area contributed by atoms with E-state index >= 15 is 0 Å². The van der Waals surface area contributed by atoms with Gasteiger partial charge in [-0.2, -0.15) is 0 Å². The van der Waals surface area contributed by atoms with Crippen LogP contribution < -0.4 is 10.1 Å². The van der Waals surface area contributed by atoms with Crippen molar-refractivity contribution < 1.29 is 9.53 Å². The maximum absolute atomic E-state index is 12.3. The van der Waals surface area contributed by atoms with E-state index in [-0.39, 0.29) is 12.1 Å². The number of hydrogen-bond donors (Lipinski definition) is 1. The minimum absolute atomic E-state index is 0.0933. The standard InChI is InChI=1S/C19H25N3O2S/c1-12(2)18-21-16(11-25-18)10-22(4)19(23)20-9-14-5-6-17-15(8-14)7-13(3)24-17/h5-6,8,11-13H,7,9-10H2,1-4H3,(H,20,23). The molecule has 0 fully saturated rings. The van der Waals surface area contributed by atoms with Gasteiger partial charge in [0.25, 0.3) is 0 Å². The van der Waals surface area contributed by atoms with Crippen LogP contribution in [0, 0.1) is 0 Å². The maximum Gasteiger partial charge on any atom is 0.317 e. The molecule has 1 aromatic heterocycles. The van der Waals surface area contributed by atoms with Gasteiger partial charge in [0.15, 0.2) is 0 Å². The van der Waals surface area contributed by atoms with Crippen LogP contribution in [0.5, 0.6) is 5.75 Å². The zero-order valence-electron chi connectivity index (χ0n) is 15.2. The number of rotatable bonds is 5. The Morgan fingerprint density at radius 2 is 2.28 bits per heavy atom. The van der Waals surface area contributed by atoms with E-state index in [1.54, 1.807) is 23.3 Å². The Morgan fingerprint density at radius 1 is 1.48 bits per heavy atom. The van der Waals surface area contributed by atoms with E-state index in [1.165, 1.54) is 5.56 Å². The van der Waals surface area contributed by atoms with E-state index in [1.807, 2.05) is 17.5 Å². The molecule has 0 saturated carbocycles. The number of ether oxygens (including phenoxy) is 1. The highest BCUT2D eigenvalue weighted by Crippen LogP contribution is 2.29. The van der Waals surface area contributed by atoms with Gasteiger partial charge >= 0.3 is 6.03 Å². The number of urea groups is 1. The van der Waals surface area contributed by atoms with Gasteiger partial charge in [-0.3, -0.25) is 0 Å². The molecule has 1 atom stereocenters. The summed E-state index contributed by atoms with van der Waals surface area (Å²) in [6.07, 6.45) is 1.17. The van der Waals surface area contributed by atoms with Crippen LogP contribution in [0.1, 0.15) is 48.5 Å². The maximum atomic E-state index is 12.3. The number of hydrogen-bond acceptors (Lipinski definition) is 4. The first kappa shape index (κ1) is 17.7. The Hall–Kier alpha value is -2.08. The first-order valence-electron chi connectivity index (χ1n) is 8.64. The molecule has 1 aromatic carbocycles. The Balaban J connectivity index is 1.52. The second kappa shape index (κ2) is 7.44. The highest BCUT2D eigenvalue weighted by atomic mass is 32.1. The topological polar surface area (TPSA) is 54.5 Å². The Bertz CT molecular complexity index is 757. The molecule has 2 amide bonds. The predicted octanol–water partition coefficient (Wildman–Crippen LogP) is 3.93. The van der Waals surface area contributed by atoms with Gasteiger partial charge in [-0.05, 0) is 24.1 Å². The normalized spacial score (nSPS) is 15.8. The lowest BCUT2D eigenvalue weighted by Gasteiger charge is -2.17. The van der Waals surface area contributed by atoms with Crippen LogP contribution in [0.3, 0.4) is 0 Å². The van der Waals surface area contributed by atoms with E-state index in [9.17, 15) is 4.79 Å². The van der Waals surface area contributed by atoms with Crippen LogP contribution in [0.25, 0.3) is 0 Å². The van der Waals surface area contributed by atoms with Gasteiger partial charge in [-0.15, -0.1) is 11.3 Å². The zero-order valence-corrected chi connectivity index (χ0v) is 16.0. The first-order chi connectivity index (χ1) is 11.9. The molecule has 1 aliphatic rings. The van der Waals surface area contributed by atoms with Crippen molar-refractivity contribution in [1.29, 1.82) is 0 Å². The third-order valence-electron chi connectivity index (χ3n) is 4.21. The van der Waals surface area contributed by atoms with Crippen molar-refractivity contribution in [2.75, 3.05) is 7.05 Å². The Morgan fingerprint density at radius 3 is 3.00 bits per heavy atom. The Labute approximate surface area is 153 Å². The van der Waals surface area contributed by atoms with E-state index in [4.69, 9.17) is 4.74 Å². The van der Waals surface area contributed by atoms with Crippen molar-refractivity contribution >= 4 is 17.4 Å². The summed E-state index contributed by atoms with van der Waals surface area (Å²) < 4.78 is 5.71. The summed E-state index contributed by atoms with van der Waals surface area (Å²) in [7, 11) is 1.79. The third kappa shape index (κ3) is 4.31. The minimum atomic E-state index is -0.0933. The molecule has 1 aliphatic heterocycles. The summed E-state index contributed by atoms with van der Waals surface area (Å²) in [6.45, 7) is 7.35. The lowest BCUT2D eigenvalue weighted by atomic mass is 10.1. The number of nitrogens with one attached hydrogen (secondary N) is 1. The molecule has 6 heteroatoms. The van der Waals surface area contributed by atoms with E-state index < -0.39 is 0 Å². The molecule has 2 aromatic rings. The van der Waals surface area contributed by atoms with Gasteiger partial charge in [0.2, 0.25) is 0 Å². The first-order valence-corrected chi connectivity index (χ1v) is 9.52. The molecule has 0 bridgehead atoms. The molecule has 0 saturated heterocycles. The Kier molecular flexibility index (Phi) is 5.27. The predicted molar refractivity (Wildman–Crippen MR) is 100 cm³/mol. The zero-order chi connectivity index (χ0) is 18.0. The number of benzene rings is 1. The monoisotopic (exact) mass is 359 g/mol. The smallest absolute Gasteiger partial charge is 0.317 e. The van der Waals surface area contributed by atoms with Crippen molar-refractivity contribution in [3.8, 4) is 5.75 Å². The lowest BCUT2D eigenvalue weighted by Crippen LogP contribution is -2.36. The minimum Gasteiger partial charge on any atom is -0.490 e.